The number of halogens is 2. The molecule has 0 radical (unpaired) electrons. The standard InChI is InChI=1S/C19H21Cl2NO3S/c1-4-19(5-2,13-6-8-14(20)9-7-13)22-18(23)16-12-15(26(3,24)25)10-11-17(16)21/h6-12H,4-5H2,1-3H3,(H,22,23). The van der Waals surface area contributed by atoms with Crippen molar-refractivity contribution >= 4 is 38.9 Å². The first-order valence-electron chi connectivity index (χ1n) is 8.21. The molecule has 0 heterocycles. The number of benzene rings is 2. The number of sulfone groups is 1. The van der Waals surface area contributed by atoms with Gasteiger partial charge in [-0.25, -0.2) is 8.42 Å². The van der Waals surface area contributed by atoms with Crippen LogP contribution in [0.2, 0.25) is 10.0 Å². The van der Waals surface area contributed by atoms with Gasteiger partial charge in [0.2, 0.25) is 0 Å². The average molecular weight is 414 g/mol. The molecule has 0 atom stereocenters. The van der Waals surface area contributed by atoms with Crippen LogP contribution in [0.1, 0.15) is 42.6 Å². The summed E-state index contributed by atoms with van der Waals surface area (Å²) in [5.74, 6) is -0.417. The van der Waals surface area contributed by atoms with Crippen LogP contribution in [0.5, 0.6) is 0 Å². The molecule has 2 rings (SSSR count). The zero-order valence-electron chi connectivity index (χ0n) is 14.8. The van der Waals surface area contributed by atoms with E-state index in [4.69, 9.17) is 23.2 Å². The molecule has 26 heavy (non-hydrogen) atoms. The normalized spacial score (nSPS) is 12.0. The number of hydrogen-bond donors (Lipinski definition) is 1. The predicted octanol–water partition coefficient (Wildman–Crippen LogP) is 4.84. The Morgan fingerprint density at radius 2 is 1.62 bits per heavy atom. The quantitative estimate of drug-likeness (QED) is 0.736. The van der Waals surface area contributed by atoms with Crippen LogP contribution in [0.4, 0.5) is 0 Å². The molecule has 7 heteroatoms. The Morgan fingerprint density at radius 3 is 2.12 bits per heavy atom. The fraction of sp³-hybridized carbons (Fsp3) is 0.316. The maximum Gasteiger partial charge on any atom is 0.253 e. The molecule has 0 spiro atoms. The van der Waals surface area contributed by atoms with Gasteiger partial charge in [-0.3, -0.25) is 4.79 Å². The second-order valence-electron chi connectivity index (χ2n) is 6.16. The Morgan fingerprint density at radius 1 is 1.04 bits per heavy atom. The van der Waals surface area contributed by atoms with Crippen molar-refractivity contribution in [3.8, 4) is 0 Å². The molecule has 2 aromatic carbocycles. The van der Waals surface area contributed by atoms with Crippen LogP contribution in [0, 0.1) is 0 Å². The Hall–Kier alpha value is -1.56. The van der Waals surface area contributed by atoms with Crippen molar-refractivity contribution in [2.45, 2.75) is 37.1 Å². The predicted molar refractivity (Wildman–Crippen MR) is 106 cm³/mol. The van der Waals surface area contributed by atoms with Crippen molar-refractivity contribution in [2.75, 3.05) is 6.26 Å². The van der Waals surface area contributed by atoms with E-state index in [1.54, 1.807) is 12.1 Å². The highest BCUT2D eigenvalue weighted by atomic mass is 35.5. The van der Waals surface area contributed by atoms with E-state index in [-0.39, 0.29) is 15.5 Å². The van der Waals surface area contributed by atoms with Gasteiger partial charge in [0.15, 0.2) is 9.84 Å². The molecule has 1 N–H and O–H groups in total. The van der Waals surface area contributed by atoms with E-state index in [2.05, 4.69) is 5.32 Å². The van der Waals surface area contributed by atoms with Gasteiger partial charge in [-0.05, 0) is 48.7 Å². The Labute approximate surface area is 164 Å². The van der Waals surface area contributed by atoms with Crippen LogP contribution in [0.3, 0.4) is 0 Å². The minimum Gasteiger partial charge on any atom is -0.342 e. The molecule has 0 saturated carbocycles. The Kier molecular flexibility index (Phi) is 6.37. The first-order chi connectivity index (χ1) is 12.1. The number of carbonyl (C=O) groups is 1. The largest absolute Gasteiger partial charge is 0.342 e. The molecule has 4 nitrogen and oxygen atoms in total. The zero-order valence-corrected chi connectivity index (χ0v) is 17.2. The number of nitrogens with one attached hydrogen (secondary N) is 1. The molecule has 0 bridgehead atoms. The monoisotopic (exact) mass is 413 g/mol. The number of hydrogen-bond acceptors (Lipinski definition) is 3. The lowest BCUT2D eigenvalue weighted by atomic mass is 9.84. The molecule has 140 valence electrons. The van der Waals surface area contributed by atoms with Gasteiger partial charge in [-0.1, -0.05) is 49.2 Å². The molecule has 0 unspecified atom stereocenters. The van der Waals surface area contributed by atoms with Crippen LogP contribution in [-0.2, 0) is 15.4 Å². The van der Waals surface area contributed by atoms with Crippen molar-refractivity contribution in [2.24, 2.45) is 0 Å². The summed E-state index contributed by atoms with van der Waals surface area (Å²) in [6, 6.07) is 11.4. The van der Waals surface area contributed by atoms with E-state index in [1.165, 1.54) is 18.2 Å². The Balaban J connectivity index is 2.44. The van der Waals surface area contributed by atoms with E-state index in [9.17, 15) is 13.2 Å². The van der Waals surface area contributed by atoms with Gasteiger partial charge >= 0.3 is 0 Å². The highest BCUT2D eigenvalue weighted by Crippen LogP contribution is 2.31. The van der Waals surface area contributed by atoms with Crippen molar-refractivity contribution in [1.82, 2.24) is 5.32 Å². The third kappa shape index (κ3) is 4.40. The van der Waals surface area contributed by atoms with Crippen LogP contribution >= 0.6 is 23.2 Å². The molecule has 0 fully saturated rings. The number of amides is 1. The van der Waals surface area contributed by atoms with Gasteiger partial charge in [0.05, 0.1) is 21.0 Å². The third-order valence-corrected chi connectivity index (χ3v) is 6.26. The highest BCUT2D eigenvalue weighted by molar-refractivity contribution is 7.90. The molecular formula is C19H21Cl2NO3S. The minimum atomic E-state index is -3.44. The molecular weight excluding hydrogens is 393 g/mol. The van der Waals surface area contributed by atoms with Gasteiger partial charge < -0.3 is 5.32 Å². The van der Waals surface area contributed by atoms with Gasteiger partial charge in [0.1, 0.15) is 0 Å². The second kappa shape index (κ2) is 7.99. The first kappa shape index (κ1) is 20.7. The second-order valence-corrected chi connectivity index (χ2v) is 9.02. The summed E-state index contributed by atoms with van der Waals surface area (Å²) < 4.78 is 23.6. The van der Waals surface area contributed by atoms with Crippen LogP contribution in [0.25, 0.3) is 0 Å². The van der Waals surface area contributed by atoms with Gasteiger partial charge in [0, 0.05) is 11.3 Å². The van der Waals surface area contributed by atoms with Crippen molar-refractivity contribution in [3.05, 3.63) is 63.6 Å². The third-order valence-electron chi connectivity index (χ3n) is 4.57. The molecule has 0 aliphatic rings. The fourth-order valence-corrected chi connectivity index (χ4v) is 3.85. The first-order valence-corrected chi connectivity index (χ1v) is 10.9. The fourth-order valence-electron chi connectivity index (χ4n) is 2.87. The summed E-state index contributed by atoms with van der Waals surface area (Å²) in [6.07, 6.45) is 2.40. The van der Waals surface area contributed by atoms with E-state index < -0.39 is 21.3 Å². The van der Waals surface area contributed by atoms with Crippen LogP contribution in [-0.4, -0.2) is 20.6 Å². The summed E-state index contributed by atoms with van der Waals surface area (Å²) in [5, 5.41) is 3.86. The lowest BCUT2D eigenvalue weighted by Gasteiger charge is -2.34. The zero-order chi connectivity index (χ0) is 19.5. The van der Waals surface area contributed by atoms with E-state index in [0.717, 1.165) is 11.8 Å². The van der Waals surface area contributed by atoms with Gasteiger partial charge in [-0.15, -0.1) is 0 Å². The minimum absolute atomic E-state index is 0.0529. The van der Waals surface area contributed by atoms with Gasteiger partial charge in [0.25, 0.3) is 5.91 Å². The van der Waals surface area contributed by atoms with Gasteiger partial charge in [-0.2, -0.15) is 0 Å². The summed E-state index contributed by atoms with van der Waals surface area (Å²) in [7, 11) is -3.44. The topological polar surface area (TPSA) is 63.2 Å². The molecule has 0 aliphatic heterocycles. The summed E-state index contributed by atoms with van der Waals surface area (Å²) in [4.78, 5) is 13.0. The average Bonchev–Trinajstić information content (AvgIpc) is 2.59. The summed E-state index contributed by atoms with van der Waals surface area (Å²) in [5.41, 5.74) is 0.456. The smallest absolute Gasteiger partial charge is 0.253 e. The van der Waals surface area contributed by atoms with E-state index in [0.29, 0.717) is 17.9 Å². The number of rotatable bonds is 6. The van der Waals surface area contributed by atoms with Crippen molar-refractivity contribution in [3.63, 3.8) is 0 Å². The Bertz CT molecular complexity index is 905. The SMILES string of the molecule is CCC(CC)(NC(=O)c1cc(S(C)(=O)=O)ccc1Cl)c1ccc(Cl)cc1. The molecule has 0 aliphatic carbocycles. The lowest BCUT2D eigenvalue weighted by molar-refractivity contribution is 0.0889. The molecule has 0 saturated heterocycles. The van der Waals surface area contributed by atoms with Crippen molar-refractivity contribution < 1.29 is 13.2 Å². The maximum atomic E-state index is 12.9. The summed E-state index contributed by atoms with van der Waals surface area (Å²) >= 11 is 12.1. The lowest BCUT2D eigenvalue weighted by Crippen LogP contribution is -2.45. The molecule has 1 amide bonds. The maximum absolute atomic E-state index is 12.9. The highest BCUT2D eigenvalue weighted by Gasteiger charge is 2.31. The molecule has 0 aromatic heterocycles. The van der Waals surface area contributed by atoms with E-state index in [1.807, 2.05) is 26.0 Å². The van der Waals surface area contributed by atoms with E-state index >= 15 is 0 Å². The van der Waals surface area contributed by atoms with Crippen LogP contribution < -0.4 is 5.32 Å². The number of carbonyl (C=O) groups excluding carboxylic acids is 1. The molecule has 2 aromatic rings. The van der Waals surface area contributed by atoms with Crippen LogP contribution in [0.15, 0.2) is 47.4 Å². The summed E-state index contributed by atoms with van der Waals surface area (Å²) in [6.45, 7) is 3.96. The van der Waals surface area contributed by atoms with Crippen molar-refractivity contribution in [1.29, 1.82) is 0 Å².